The standard InChI is InChI=1S/C14H19N3O.ClH/c1-10(17-7-5-15-6-8-17)12-3-4-14-13(9-12)16-11(2)18-14;/h3-4,9-10,15H,5-8H2,1-2H3;1H. The van der Waals surface area contributed by atoms with E-state index in [1.54, 1.807) is 0 Å². The minimum Gasteiger partial charge on any atom is -0.441 e. The zero-order chi connectivity index (χ0) is 12.5. The lowest BCUT2D eigenvalue weighted by Gasteiger charge is -2.33. The maximum atomic E-state index is 5.51. The number of nitrogens with one attached hydrogen (secondary N) is 1. The highest BCUT2D eigenvalue weighted by Gasteiger charge is 2.18. The van der Waals surface area contributed by atoms with Gasteiger partial charge in [-0.3, -0.25) is 4.90 Å². The first kappa shape index (κ1) is 14.3. The number of rotatable bonds is 2. The van der Waals surface area contributed by atoms with Gasteiger partial charge in [0.2, 0.25) is 0 Å². The van der Waals surface area contributed by atoms with E-state index in [-0.39, 0.29) is 12.4 Å². The predicted octanol–water partition coefficient (Wildman–Crippen LogP) is 2.52. The third-order valence-electron chi connectivity index (χ3n) is 3.70. The van der Waals surface area contributed by atoms with E-state index < -0.39 is 0 Å². The fourth-order valence-electron chi connectivity index (χ4n) is 2.60. The highest BCUT2D eigenvalue weighted by molar-refractivity contribution is 5.85. The van der Waals surface area contributed by atoms with E-state index in [2.05, 4.69) is 34.3 Å². The Kier molecular flexibility index (Phi) is 4.45. The number of fused-ring (bicyclic) bond motifs is 1. The molecule has 1 fully saturated rings. The Hall–Kier alpha value is -1.10. The van der Waals surface area contributed by atoms with Gasteiger partial charge in [0.05, 0.1) is 0 Å². The summed E-state index contributed by atoms with van der Waals surface area (Å²) >= 11 is 0. The lowest BCUT2D eigenvalue weighted by atomic mass is 10.1. The van der Waals surface area contributed by atoms with Gasteiger partial charge in [0.25, 0.3) is 0 Å². The van der Waals surface area contributed by atoms with Crippen molar-refractivity contribution in [3.05, 3.63) is 29.7 Å². The molecule has 1 unspecified atom stereocenters. The van der Waals surface area contributed by atoms with Crippen molar-refractivity contribution in [1.29, 1.82) is 0 Å². The highest BCUT2D eigenvalue weighted by Crippen LogP contribution is 2.24. The molecule has 19 heavy (non-hydrogen) atoms. The molecule has 0 aliphatic carbocycles. The summed E-state index contributed by atoms with van der Waals surface area (Å²) in [6.45, 7) is 8.53. The van der Waals surface area contributed by atoms with E-state index in [0.717, 1.165) is 43.2 Å². The summed E-state index contributed by atoms with van der Waals surface area (Å²) in [7, 11) is 0. The monoisotopic (exact) mass is 281 g/mol. The molecule has 1 aliphatic rings. The largest absolute Gasteiger partial charge is 0.441 e. The number of piperazine rings is 1. The minimum absolute atomic E-state index is 0. The van der Waals surface area contributed by atoms with Crippen LogP contribution in [0.1, 0.15) is 24.4 Å². The van der Waals surface area contributed by atoms with Crippen molar-refractivity contribution in [2.75, 3.05) is 26.2 Å². The Labute approximate surface area is 119 Å². The second-order valence-electron chi connectivity index (χ2n) is 4.92. The summed E-state index contributed by atoms with van der Waals surface area (Å²) in [5.41, 5.74) is 3.16. The number of aromatic nitrogens is 1. The molecule has 0 bridgehead atoms. The van der Waals surface area contributed by atoms with Gasteiger partial charge in [-0.15, -0.1) is 12.4 Å². The molecule has 0 saturated carbocycles. The molecule has 1 aromatic carbocycles. The van der Waals surface area contributed by atoms with Gasteiger partial charge in [-0.2, -0.15) is 0 Å². The summed E-state index contributed by atoms with van der Waals surface area (Å²) in [6.07, 6.45) is 0. The molecule has 1 atom stereocenters. The van der Waals surface area contributed by atoms with Gasteiger partial charge in [-0.1, -0.05) is 6.07 Å². The summed E-state index contributed by atoms with van der Waals surface area (Å²) in [5, 5.41) is 3.38. The van der Waals surface area contributed by atoms with Crippen LogP contribution in [0.5, 0.6) is 0 Å². The SMILES string of the molecule is Cc1nc2cc(C(C)N3CCNCC3)ccc2o1.Cl. The lowest BCUT2D eigenvalue weighted by Crippen LogP contribution is -2.44. The van der Waals surface area contributed by atoms with E-state index in [1.807, 2.05) is 13.0 Å². The highest BCUT2D eigenvalue weighted by atomic mass is 35.5. The van der Waals surface area contributed by atoms with Crippen molar-refractivity contribution in [3.8, 4) is 0 Å². The van der Waals surface area contributed by atoms with Crippen LogP contribution in [-0.4, -0.2) is 36.1 Å². The number of nitrogens with zero attached hydrogens (tertiary/aromatic N) is 2. The molecule has 1 aliphatic heterocycles. The van der Waals surface area contributed by atoms with E-state index in [4.69, 9.17) is 4.42 Å². The van der Waals surface area contributed by atoms with Crippen molar-refractivity contribution in [3.63, 3.8) is 0 Å². The molecule has 5 heteroatoms. The van der Waals surface area contributed by atoms with Gasteiger partial charge in [-0.05, 0) is 24.6 Å². The Morgan fingerprint density at radius 2 is 2.05 bits per heavy atom. The second kappa shape index (κ2) is 5.90. The van der Waals surface area contributed by atoms with Crippen molar-refractivity contribution < 1.29 is 4.42 Å². The number of hydrogen-bond acceptors (Lipinski definition) is 4. The topological polar surface area (TPSA) is 41.3 Å². The molecule has 0 radical (unpaired) electrons. The Morgan fingerprint density at radius 3 is 2.79 bits per heavy atom. The third-order valence-corrected chi connectivity index (χ3v) is 3.70. The van der Waals surface area contributed by atoms with Crippen LogP contribution in [0.2, 0.25) is 0 Å². The van der Waals surface area contributed by atoms with Gasteiger partial charge in [0, 0.05) is 39.1 Å². The van der Waals surface area contributed by atoms with E-state index in [1.165, 1.54) is 5.56 Å². The van der Waals surface area contributed by atoms with Crippen molar-refractivity contribution in [2.45, 2.75) is 19.9 Å². The lowest BCUT2D eigenvalue weighted by molar-refractivity contribution is 0.185. The Balaban J connectivity index is 0.00000133. The molecule has 4 nitrogen and oxygen atoms in total. The number of aryl methyl sites for hydroxylation is 1. The van der Waals surface area contributed by atoms with Gasteiger partial charge in [0.15, 0.2) is 11.5 Å². The van der Waals surface area contributed by atoms with Crippen LogP contribution in [0, 0.1) is 6.92 Å². The Morgan fingerprint density at radius 1 is 1.32 bits per heavy atom. The second-order valence-corrected chi connectivity index (χ2v) is 4.92. The smallest absolute Gasteiger partial charge is 0.192 e. The van der Waals surface area contributed by atoms with Gasteiger partial charge in [-0.25, -0.2) is 4.98 Å². The first-order valence-corrected chi connectivity index (χ1v) is 6.56. The van der Waals surface area contributed by atoms with Crippen LogP contribution >= 0.6 is 12.4 Å². The van der Waals surface area contributed by atoms with Crippen LogP contribution in [0.4, 0.5) is 0 Å². The van der Waals surface area contributed by atoms with E-state index >= 15 is 0 Å². The molecule has 0 amide bonds. The zero-order valence-electron chi connectivity index (χ0n) is 11.3. The summed E-state index contributed by atoms with van der Waals surface area (Å²) < 4.78 is 5.51. The zero-order valence-corrected chi connectivity index (χ0v) is 12.2. The van der Waals surface area contributed by atoms with Crippen LogP contribution in [0.3, 0.4) is 0 Å². The van der Waals surface area contributed by atoms with Crippen LogP contribution in [0.25, 0.3) is 11.1 Å². The predicted molar refractivity (Wildman–Crippen MR) is 78.9 cm³/mol. The van der Waals surface area contributed by atoms with Crippen molar-refractivity contribution in [2.24, 2.45) is 0 Å². The van der Waals surface area contributed by atoms with Crippen molar-refractivity contribution in [1.82, 2.24) is 15.2 Å². The summed E-state index contributed by atoms with van der Waals surface area (Å²) in [5.74, 6) is 0.733. The van der Waals surface area contributed by atoms with E-state index in [0.29, 0.717) is 6.04 Å². The molecule has 1 N–H and O–H groups in total. The first-order chi connectivity index (χ1) is 8.74. The average molecular weight is 282 g/mol. The maximum Gasteiger partial charge on any atom is 0.192 e. The fourth-order valence-corrected chi connectivity index (χ4v) is 2.60. The molecule has 3 rings (SSSR count). The van der Waals surface area contributed by atoms with Gasteiger partial charge in [0.1, 0.15) is 5.52 Å². The molecule has 1 aromatic heterocycles. The van der Waals surface area contributed by atoms with Gasteiger partial charge >= 0.3 is 0 Å². The normalized spacial score (nSPS) is 18.2. The van der Waals surface area contributed by atoms with Crippen LogP contribution in [-0.2, 0) is 0 Å². The summed E-state index contributed by atoms with van der Waals surface area (Å²) in [4.78, 5) is 6.91. The molecule has 2 heterocycles. The molecule has 104 valence electrons. The average Bonchev–Trinajstić information content (AvgIpc) is 2.78. The Bertz CT molecular complexity index is 549. The van der Waals surface area contributed by atoms with E-state index in [9.17, 15) is 0 Å². The molecule has 2 aromatic rings. The van der Waals surface area contributed by atoms with Gasteiger partial charge < -0.3 is 9.73 Å². The number of hydrogen-bond donors (Lipinski definition) is 1. The quantitative estimate of drug-likeness (QED) is 0.918. The number of oxazole rings is 1. The summed E-state index contributed by atoms with van der Waals surface area (Å²) in [6, 6.07) is 6.77. The number of benzene rings is 1. The fraction of sp³-hybridized carbons (Fsp3) is 0.500. The maximum absolute atomic E-state index is 5.51. The first-order valence-electron chi connectivity index (χ1n) is 6.56. The molecular formula is C14H20ClN3O. The van der Waals surface area contributed by atoms with Crippen LogP contribution < -0.4 is 5.32 Å². The molecule has 1 saturated heterocycles. The molecule has 0 spiro atoms. The minimum atomic E-state index is 0. The van der Waals surface area contributed by atoms with Crippen molar-refractivity contribution >= 4 is 23.5 Å². The third kappa shape index (κ3) is 2.91. The van der Waals surface area contributed by atoms with Crippen LogP contribution in [0.15, 0.2) is 22.6 Å². The number of halogens is 1. The molecular weight excluding hydrogens is 262 g/mol.